The third kappa shape index (κ3) is 2.41. The summed E-state index contributed by atoms with van der Waals surface area (Å²) < 4.78 is 4.70. The number of hydrogen-bond donors (Lipinski definition) is 0. The Bertz CT molecular complexity index is 604. The number of carbonyl (C=O) groups excluding carboxylic acids is 1. The molecule has 0 N–H and O–H groups in total. The van der Waals surface area contributed by atoms with Gasteiger partial charge < -0.3 is 4.74 Å². The second-order valence-electron chi connectivity index (χ2n) is 3.79. The fourth-order valence-electron chi connectivity index (χ4n) is 1.70. The summed E-state index contributed by atoms with van der Waals surface area (Å²) >= 11 is 0. The molecule has 0 radical (unpaired) electrons. The molecule has 0 saturated carbocycles. The number of hydrogen-bond acceptors (Lipinski definition) is 2. The van der Waals surface area contributed by atoms with E-state index in [0.717, 1.165) is 16.7 Å². The molecular weight excluding hydrogens is 224 g/mol. The maximum atomic E-state index is 11.4. The van der Waals surface area contributed by atoms with Crippen LogP contribution in [0.15, 0.2) is 48.5 Å². The number of ether oxygens (including phenoxy) is 1. The van der Waals surface area contributed by atoms with Gasteiger partial charge in [0.2, 0.25) is 0 Å². The van der Waals surface area contributed by atoms with Crippen LogP contribution in [-0.4, -0.2) is 13.1 Å². The average molecular weight is 236 g/mol. The minimum atomic E-state index is -0.336. The molecule has 2 rings (SSSR count). The third-order valence-electron chi connectivity index (χ3n) is 2.67. The SMILES string of the molecule is C#Cc1ccc(-c2cccc(C(=O)OC)c2)cc1. The van der Waals surface area contributed by atoms with E-state index < -0.39 is 0 Å². The number of rotatable bonds is 2. The molecule has 0 spiro atoms. The van der Waals surface area contributed by atoms with E-state index in [1.165, 1.54) is 7.11 Å². The first-order chi connectivity index (χ1) is 8.74. The van der Waals surface area contributed by atoms with Crippen LogP contribution >= 0.6 is 0 Å². The van der Waals surface area contributed by atoms with Gasteiger partial charge in [-0.15, -0.1) is 6.42 Å². The second-order valence-corrected chi connectivity index (χ2v) is 3.79. The summed E-state index contributed by atoms with van der Waals surface area (Å²) in [7, 11) is 1.37. The Labute approximate surface area is 106 Å². The van der Waals surface area contributed by atoms with Crippen molar-refractivity contribution in [3.05, 3.63) is 59.7 Å². The van der Waals surface area contributed by atoms with Gasteiger partial charge in [0, 0.05) is 5.56 Å². The standard InChI is InChI=1S/C16H12O2/c1-3-12-7-9-13(10-8-12)14-5-4-6-15(11-14)16(17)18-2/h1,4-11H,2H3. The molecule has 0 amide bonds. The normalized spacial score (nSPS) is 9.56. The molecule has 0 aromatic heterocycles. The summed E-state index contributed by atoms with van der Waals surface area (Å²) in [6, 6.07) is 14.9. The molecule has 0 bridgehead atoms. The topological polar surface area (TPSA) is 26.3 Å². The fourth-order valence-corrected chi connectivity index (χ4v) is 1.70. The fraction of sp³-hybridized carbons (Fsp3) is 0.0625. The summed E-state index contributed by atoms with van der Waals surface area (Å²) in [5.41, 5.74) is 3.35. The van der Waals surface area contributed by atoms with Gasteiger partial charge in [0.25, 0.3) is 0 Å². The van der Waals surface area contributed by atoms with Gasteiger partial charge in [0.05, 0.1) is 12.7 Å². The highest BCUT2D eigenvalue weighted by Crippen LogP contribution is 2.21. The zero-order chi connectivity index (χ0) is 13.0. The number of terminal acetylenes is 1. The van der Waals surface area contributed by atoms with Gasteiger partial charge in [-0.05, 0) is 35.4 Å². The lowest BCUT2D eigenvalue weighted by Gasteiger charge is -2.04. The predicted octanol–water partition coefficient (Wildman–Crippen LogP) is 3.12. The predicted molar refractivity (Wildman–Crippen MR) is 71.2 cm³/mol. The lowest BCUT2D eigenvalue weighted by molar-refractivity contribution is 0.0601. The van der Waals surface area contributed by atoms with Crippen LogP contribution in [0.4, 0.5) is 0 Å². The quantitative estimate of drug-likeness (QED) is 0.591. The highest BCUT2D eigenvalue weighted by molar-refractivity contribution is 5.90. The van der Waals surface area contributed by atoms with E-state index >= 15 is 0 Å². The molecular formula is C16H12O2. The van der Waals surface area contributed by atoms with Gasteiger partial charge in [-0.1, -0.05) is 30.2 Å². The summed E-state index contributed by atoms with van der Waals surface area (Å²) in [5, 5.41) is 0. The highest BCUT2D eigenvalue weighted by Gasteiger charge is 2.06. The van der Waals surface area contributed by atoms with Crippen LogP contribution in [0.25, 0.3) is 11.1 Å². The second kappa shape index (κ2) is 5.20. The molecule has 0 unspecified atom stereocenters. The molecule has 0 aliphatic rings. The van der Waals surface area contributed by atoms with Crippen molar-refractivity contribution in [2.24, 2.45) is 0 Å². The number of carbonyl (C=O) groups is 1. The van der Waals surface area contributed by atoms with Crippen LogP contribution in [0.1, 0.15) is 15.9 Å². The minimum absolute atomic E-state index is 0.336. The van der Waals surface area contributed by atoms with E-state index in [1.807, 2.05) is 36.4 Å². The molecule has 0 heterocycles. The van der Waals surface area contributed by atoms with Crippen molar-refractivity contribution < 1.29 is 9.53 Å². The lowest BCUT2D eigenvalue weighted by atomic mass is 10.0. The Kier molecular flexibility index (Phi) is 3.45. The molecule has 0 aliphatic carbocycles. The summed E-state index contributed by atoms with van der Waals surface area (Å²) in [5.74, 6) is 2.23. The van der Waals surface area contributed by atoms with Crippen LogP contribution in [0.3, 0.4) is 0 Å². The highest BCUT2D eigenvalue weighted by atomic mass is 16.5. The molecule has 18 heavy (non-hydrogen) atoms. The molecule has 2 heteroatoms. The summed E-state index contributed by atoms with van der Waals surface area (Å²) in [6.07, 6.45) is 5.31. The third-order valence-corrected chi connectivity index (χ3v) is 2.67. The number of methoxy groups -OCH3 is 1. The average Bonchev–Trinajstić information content (AvgIpc) is 2.46. The van der Waals surface area contributed by atoms with Crippen LogP contribution in [-0.2, 0) is 4.74 Å². The van der Waals surface area contributed by atoms with Gasteiger partial charge in [0.1, 0.15) is 0 Å². The van der Waals surface area contributed by atoms with Crippen molar-refractivity contribution in [3.63, 3.8) is 0 Å². The Morgan fingerprint density at radius 1 is 1.11 bits per heavy atom. The molecule has 2 aromatic carbocycles. The van der Waals surface area contributed by atoms with Gasteiger partial charge >= 0.3 is 5.97 Å². The van der Waals surface area contributed by atoms with Crippen LogP contribution in [0, 0.1) is 12.3 Å². The van der Waals surface area contributed by atoms with E-state index in [2.05, 4.69) is 5.92 Å². The number of benzene rings is 2. The summed E-state index contributed by atoms with van der Waals surface area (Å²) in [6.45, 7) is 0. The van der Waals surface area contributed by atoms with Gasteiger partial charge in [-0.25, -0.2) is 4.79 Å². The first-order valence-electron chi connectivity index (χ1n) is 5.50. The van der Waals surface area contributed by atoms with Crippen LogP contribution in [0.5, 0.6) is 0 Å². The van der Waals surface area contributed by atoms with Crippen molar-refractivity contribution in [1.82, 2.24) is 0 Å². The Balaban J connectivity index is 2.38. The maximum Gasteiger partial charge on any atom is 0.337 e. The Hall–Kier alpha value is -2.53. The Morgan fingerprint density at radius 3 is 2.44 bits per heavy atom. The zero-order valence-electron chi connectivity index (χ0n) is 10.0. The molecule has 0 aliphatic heterocycles. The van der Waals surface area contributed by atoms with E-state index in [1.54, 1.807) is 12.1 Å². The van der Waals surface area contributed by atoms with Crippen molar-refractivity contribution in [3.8, 4) is 23.5 Å². The van der Waals surface area contributed by atoms with E-state index in [9.17, 15) is 4.79 Å². The summed E-state index contributed by atoms with van der Waals surface area (Å²) in [4.78, 5) is 11.4. The van der Waals surface area contributed by atoms with Gasteiger partial charge in [-0.3, -0.25) is 0 Å². The van der Waals surface area contributed by atoms with Crippen molar-refractivity contribution >= 4 is 5.97 Å². The van der Waals surface area contributed by atoms with Crippen LogP contribution < -0.4 is 0 Å². The van der Waals surface area contributed by atoms with Crippen molar-refractivity contribution in [2.45, 2.75) is 0 Å². The maximum absolute atomic E-state index is 11.4. The van der Waals surface area contributed by atoms with Crippen LogP contribution in [0.2, 0.25) is 0 Å². The van der Waals surface area contributed by atoms with Crippen molar-refractivity contribution in [1.29, 1.82) is 0 Å². The van der Waals surface area contributed by atoms with Gasteiger partial charge in [-0.2, -0.15) is 0 Å². The molecule has 0 atom stereocenters. The minimum Gasteiger partial charge on any atom is -0.465 e. The molecule has 2 aromatic rings. The first-order valence-corrected chi connectivity index (χ1v) is 5.50. The first kappa shape index (κ1) is 11.9. The smallest absolute Gasteiger partial charge is 0.337 e. The van der Waals surface area contributed by atoms with E-state index in [0.29, 0.717) is 5.56 Å². The molecule has 2 nitrogen and oxygen atoms in total. The Morgan fingerprint density at radius 2 is 1.83 bits per heavy atom. The molecule has 0 saturated heterocycles. The zero-order valence-corrected chi connectivity index (χ0v) is 10.0. The number of esters is 1. The molecule has 0 fully saturated rings. The monoisotopic (exact) mass is 236 g/mol. The van der Waals surface area contributed by atoms with E-state index in [4.69, 9.17) is 11.2 Å². The molecule has 88 valence electrons. The van der Waals surface area contributed by atoms with Crippen molar-refractivity contribution in [2.75, 3.05) is 7.11 Å². The van der Waals surface area contributed by atoms with E-state index in [-0.39, 0.29) is 5.97 Å². The lowest BCUT2D eigenvalue weighted by Crippen LogP contribution is -2.00. The van der Waals surface area contributed by atoms with Gasteiger partial charge in [0.15, 0.2) is 0 Å². The largest absolute Gasteiger partial charge is 0.465 e.